The van der Waals surface area contributed by atoms with E-state index in [9.17, 15) is 30.8 Å². The summed E-state index contributed by atoms with van der Waals surface area (Å²) in [6, 6.07) is 4.45. The van der Waals surface area contributed by atoms with Crippen molar-refractivity contribution in [2.24, 2.45) is 0 Å². The van der Waals surface area contributed by atoms with Gasteiger partial charge in [0.05, 0.1) is 22.1 Å². The van der Waals surface area contributed by atoms with Crippen LogP contribution < -0.4 is 9.64 Å². The van der Waals surface area contributed by atoms with Gasteiger partial charge < -0.3 is 14.5 Å². The van der Waals surface area contributed by atoms with Gasteiger partial charge in [0.2, 0.25) is 0 Å². The number of pyridine rings is 1. The molecule has 0 aliphatic carbocycles. The molecule has 0 atom stereocenters. The minimum Gasteiger partial charge on any atom is -0.490 e. The van der Waals surface area contributed by atoms with Gasteiger partial charge >= 0.3 is 6.18 Å². The lowest BCUT2D eigenvalue weighted by Gasteiger charge is -2.36. The van der Waals surface area contributed by atoms with Crippen LogP contribution in [0.4, 0.5) is 23.4 Å². The number of anilines is 1. The van der Waals surface area contributed by atoms with Crippen molar-refractivity contribution in [2.75, 3.05) is 37.3 Å². The van der Waals surface area contributed by atoms with Gasteiger partial charge in [-0.1, -0.05) is 0 Å². The fourth-order valence-electron chi connectivity index (χ4n) is 3.37. The Bertz CT molecular complexity index is 1140. The van der Waals surface area contributed by atoms with E-state index in [-0.39, 0.29) is 54.3 Å². The summed E-state index contributed by atoms with van der Waals surface area (Å²) < 4.78 is 82.1. The van der Waals surface area contributed by atoms with Gasteiger partial charge in [0, 0.05) is 38.6 Å². The molecule has 180 valence electrons. The maximum Gasteiger partial charge on any atom is 0.417 e. The van der Waals surface area contributed by atoms with Crippen molar-refractivity contribution in [1.82, 2.24) is 9.88 Å². The second-order valence-corrected chi connectivity index (χ2v) is 9.92. The second-order valence-electron chi connectivity index (χ2n) is 7.90. The molecule has 1 amide bonds. The van der Waals surface area contributed by atoms with Crippen LogP contribution in [0.1, 0.15) is 29.8 Å². The average Bonchev–Trinajstić information content (AvgIpc) is 2.72. The third kappa shape index (κ3) is 5.73. The quantitative estimate of drug-likeness (QED) is 0.599. The molecule has 2 heterocycles. The number of nitrogens with zero attached hydrogens (tertiary/aromatic N) is 3. The van der Waals surface area contributed by atoms with Crippen molar-refractivity contribution >= 4 is 21.6 Å². The fraction of sp³-hybridized carbons (Fsp3) is 0.429. The van der Waals surface area contributed by atoms with Gasteiger partial charge in [-0.3, -0.25) is 4.79 Å². The molecule has 1 aromatic heterocycles. The summed E-state index contributed by atoms with van der Waals surface area (Å²) in [4.78, 5) is 19.7. The van der Waals surface area contributed by atoms with Gasteiger partial charge in [-0.2, -0.15) is 13.2 Å². The summed E-state index contributed by atoms with van der Waals surface area (Å²) in [5.41, 5.74) is -1.10. The van der Waals surface area contributed by atoms with Crippen LogP contribution in [0.15, 0.2) is 35.4 Å². The highest BCUT2D eigenvalue weighted by molar-refractivity contribution is 7.90. The summed E-state index contributed by atoms with van der Waals surface area (Å²) in [5, 5.41) is 0. The number of ether oxygens (including phenoxy) is 1. The van der Waals surface area contributed by atoms with Gasteiger partial charge in [-0.15, -0.1) is 0 Å². The van der Waals surface area contributed by atoms with Crippen LogP contribution in [0.3, 0.4) is 0 Å². The molecule has 33 heavy (non-hydrogen) atoms. The molecular formula is C21H23F4N3O4S. The number of hydrogen-bond acceptors (Lipinski definition) is 6. The number of sulfone groups is 1. The van der Waals surface area contributed by atoms with Gasteiger partial charge in [0.25, 0.3) is 5.91 Å². The number of carbonyl (C=O) groups is 1. The van der Waals surface area contributed by atoms with Crippen molar-refractivity contribution in [2.45, 2.75) is 31.0 Å². The third-order valence-corrected chi connectivity index (χ3v) is 6.10. The third-order valence-electron chi connectivity index (χ3n) is 4.99. The maximum atomic E-state index is 14.3. The first-order valence-electron chi connectivity index (χ1n) is 10.0. The molecule has 7 nitrogen and oxygen atoms in total. The van der Waals surface area contributed by atoms with E-state index in [2.05, 4.69) is 4.98 Å². The zero-order valence-corrected chi connectivity index (χ0v) is 19.0. The van der Waals surface area contributed by atoms with E-state index in [1.54, 1.807) is 13.8 Å². The summed E-state index contributed by atoms with van der Waals surface area (Å²) in [6.45, 7) is 4.06. The molecule has 0 spiro atoms. The number of carbonyl (C=O) groups excluding carboxylic acids is 1. The lowest BCUT2D eigenvalue weighted by Crippen LogP contribution is -2.49. The molecule has 1 aliphatic rings. The van der Waals surface area contributed by atoms with Crippen LogP contribution in [0.5, 0.6) is 5.75 Å². The lowest BCUT2D eigenvalue weighted by molar-refractivity contribution is -0.138. The first kappa shape index (κ1) is 24.7. The molecule has 3 rings (SSSR count). The van der Waals surface area contributed by atoms with E-state index < -0.39 is 33.3 Å². The Kier molecular flexibility index (Phi) is 6.87. The highest BCUT2D eigenvalue weighted by Gasteiger charge is 2.33. The van der Waals surface area contributed by atoms with Gasteiger partial charge in [-0.05, 0) is 38.1 Å². The van der Waals surface area contributed by atoms with E-state index in [1.165, 1.54) is 28.0 Å². The van der Waals surface area contributed by atoms with Crippen molar-refractivity contribution in [3.8, 4) is 5.75 Å². The SMILES string of the molecule is CC(C)Oc1ccc(S(C)(=O)=O)cc1C(=O)N1CCN(c2ncc(C(F)(F)F)cc2F)CC1. The summed E-state index contributed by atoms with van der Waals surface area (Å²) in [6.07, 6.45) is -3.36. The minimum absolute atomic E-state index is 0.0309. The first-order chi connectivity index (χ1) is 15.3. The largest absolute Gasteiger partial charge is 0.490 e. The van der Waals surface area contributed by atoms with Crippen LogP contribution in [0.2, 0.25) is 0 Å². The molecule has 0 radical (unpaired) electrons. The van der Waals surface area contributed by atoms with Gasteiger partial charge in [0.1, 0.15) is 5.75 Å². The molecule has 1 aromatic carbocycles. The maximum absolute atomic E-state index is 14.3. The average molecular weight is 489 g/mol. The highest BCUT2D eigenvalue weighted by atomic mass is 32.2. The molecule has 1 aliphatic heterocycles. The zero-order chi connectivity index (χ0) is 24.6. The number of rotatable bonds is 5. The van der Waals surface area contributed by atoms with Crippen LogP contribution >= 0.6 is 0 Å². The molecule has 1 saturated heterocycles. The molecule has 1 fully saturated rings. The zero-order valence-electron chi connectivity index (χ0n) is 18.2. The topological polar surface area (TPSA) is 79.8 Å². The standard InChI is InChI=1S/C21H23F4N3O4S/c1-13(2)32-18-5-4-15(33(3,30)31)11-16(18)20(29)28-8-6-27(7-9-28)19-17(22)10-14(12-26-19)21(23,24)25/h4-5,10-13H,6-9H2,1-3H3. The van der Waals surface area contributed by atoms with Crippen molar-refractivity contribution in [3.63, 3.8) is 0 Å². The smallest absolute Gasteiger partial charge is 0.417 e. The molecule has 12 heteroatoms. The monoisotopic (exact) mass is 489 g/mol. The summed E-state index contributed by atoms with van der Waals surface area (Å²) >= 11 is 0. The summed E-state index contributed by atoms with van der Waals surface area (Å²) in [7, 11) is -3.56. The Labute approximate surface area is 188 Å². The number of halogens is 4. The highest BCUT2D eigenvalue weighted by Crippen LogP contribution is 2.31. The number of aromatic nitrogens is 1. The second kappa shape index (κ2) is 9.16. The van der Waals surface area contributed by atoms with E-state index >= 15 is 0 Å². The molecular weight excluding hydrogens is 466 g/mol. The van der Waals surface area contributed by atoms with Crippen molar-refractivity contribution in [1.29, 1.82) is 0 Å². The van der Waals surface area contributed by atoms with E-state index in [4.69, 9.17) is 4.74 Å². The molecule has 0 saturated carbocycles. The minimum atomic E-state index is -4.70. The molecule has 2 aromatic rings. The first-order valence-corrected chi connectivity index (χ1v) is 11.9. The lowest BCUT2D eigenvalue weighted by atomic mass is 10.1. The normalized spacial score (nSPS) is 15.2. The molecule has 0 unspecified atom stereocenters. The van der Waals surface area contributed by atoms with E-state index in [0.717, 1.165) is 6.26 Å². The predicted octanol–water partition coefficient (Wildman–Crippen LogP) is 3.39. The van der Waals surface area contributed by atoms with Crippen LogP contribution in [0, 0.1) is 5.82 Å². The van der Waals surface area contributed by atoms with Crippen LogP contribution in [0.25, 0.3) is 0 Å². The van der Waals surface area contributed by atoms with Gasteiger partial charge in [0.15, 0.2) is 21.5 Å². The fourth-order valence-corrected chi connectivity index (χ4v) is 4.02. The number of alkyl halides is 3. The Morgan fingerprint density at radius 3 is 2.27 bits per heavy atom. The Morgan fingerprint density at radius 2 is 1.76 bits per heavy atom. The number of hydrogen-bond donors (Lipinski definition) is 0. The van der Waals surface area contributed by atoms with Crippen LogP contribution in [-0.4, -0.2) is 62.7 Å². The molecule has 0 bridgehead atoms. The summed E-state index contributed by atoms with van der Waals surface area (Å²) in [5.74, 6) is -1.55. The van der Waals surface area contributed by atoms with Crippen molar-refractivity contribution < 1.29 is 35.5 Å². The Hall–Kier alpha value is -2.89. The van der Waals surface area contributed by atoms with Crippen molar-refractivity contribution in [3.05, 3.63) is 47.4 Å². The van der Waals surface area contributed by atoms with E-state index in [0.29, 0.717) is 12.3 Å². The van der Waals surface area contributed by atoms with Gasteiger partial charge in [-0.25, -0.2) is 17.8 Å². The Morgan fingerprint density at radius 1 is 1.12 bits per heavy atom. The van der Waals surface area contributed by atoms with Crippen LogP contribution in [-0.2, 0) is 16.0 Å². The Balaban J connectivity index is 1.79. The van der Waals surface area contributed by atoms with E-state index in [1.807, 2.05) is 0 Å². The number of piperazine rings is 1. The molecule has 0 N–H and O–H groups in total. The number of benzene rings is 1. The number of amides is 1. The predicted molar refractivity (Wildman–Crippen MR) is 113 cm³/mol.